The molecule has 0 spiro atoms. The van der Waals surface area contributed by atoms with Gasteiger partial charge in [-0.25, -0.2) is 0 Å². The summed E-state index contributed by atoms with van der Waals surface area (Å²) < 4.78 is 11.7. The molecular formula is C30H30N2O5. The van der Waals surface area contributed by atoms with E-state index in [1.165, 1.54) is 4.90 Å². The summed E-state index contributed by atoms with van der Waals surface area (Å²) in [7, 11) is 0. The van der Waals surface area contributed by atoms with E-state index in [-0.39, 0.29) is 24.0 Å². The fourth-order valence-corrected chi connectivity index (χ4v) is 4.82. The van der Waals surface area contributed by atoms with Crippen LogP contribution in [-0.2, 0) is 22.6 Å². The molecular weight excluding hydrogens is 468 g/mol. The Labute approximate surface area is 216 Å². The monoisotopic (exact) mass is 498 g/mol. The Morgan fingerprint density at radius 2 is 1.97 bits per heavy atom. The van der Waals surface area contributed by atoms with Gasteiger partial charge in [0.1, 0.15) is 23.4 Å². The maximum absolute atomic E-state index is 13.4. The third-order valence-electron chi connectivity index (χ3n) is 6.53. The predicted molar refractivity (Wildman–Crippen MR) is 139 cm³/mol. The van der Waals surface area contributed by atoms with Gasteiger partial charge in [-0.3, -0.25) is 14.6 Å². The molecule has 2 aliphatic heterocycles. The highest BCUT2D eigenvalue weighted by Crippen LogP contribution is 2.42. The minimum atomic E-state index is -0.798. The van der Waals surface area contributed by atoms with E-state index in [0.717, 1.165) is 11.3 Å². The summed E-state index contributed by atoms with van der Waals surface area (Å²) in [5.74, 6) is 0.137. The summed E-state index contributed by atoms with van der Waals surface area (Å²) >= 11 is 0. The lowest BCUT2D eigenvalue weighted by Gasteiger charge is -2.25. The minimum Gasteiger partial charge on any atom is -0.507 e. The van der Waals surface area contributed by atoms with Crippen LogP contribution in [0.4, 0.5) is 0 Å². The van der Waals surface area contributed by atoms with Crippen LogP contribution >= 0.6 is 0 Å². The Morgan fingerprint density at radius 1 is 1.14 bits per heavy atom. The number of amides is 1. The Bertz CT molecular complexity index is 1370. The molecule has 2 aliphatic rings. The van der Waals surface area contributed by atoms with Gasteiger partial charge in [0.25, 0.3) is 11.7 Å². The van der Waals surface area contributed by atoms with Crippen molar-refractivity contribution in [3.63, 3.8) is 0 Å². The van der Waals surface area contributed by atoms with Crippen molar-refractivity contribution in [1.29, 1.82) is 0 Å². The van der Waals surface area contributed by atoms with Crippen molar-refractivity contribution in [1.82, 2.24) is 9.88 Å². The third-order valence-corrected chi connectivity index (χ3v) is 6.53. The normalized spacial score (nSPS) is 20.3. The number of aliphatic hydroxyl groups excluding tert-OH is 1. The van der Waals surface area contributed by atoms with Crippen molar-refractivity contribution in [2.24, 2.45) is 5.92 Å². The van der Waals surface area contributed by atoms with Crippen LogP contribution in [0.5, 0.6) is 11.5 Å². The quantitative estimate of drug-likeness (QED) is 0.278. The average Bonchev–Trinajstić information content (AvgIpc) is 3.39. The molecule has 3 aromatic rings. The molecule has 2 unspecified atom stereocenters. The number of nitrogens with zero attached hydrogens (tertiary/aromatic N) is 2. The van der Waals surface area contributed by atoms with Gasteiger partial charge in [-0.1, -0.05) is 32.0 Å². The smallest absolute Gasteiger partial charge is 0.296 e. The molecule has 7 nitrogen and oxygen atoms in total. The molecule has 1 fully saturated rings. The maximum Gasteiger partial charge on any atom is 0.296 e. The molecule has 1 saturated heterocycles. The van der Waals surface area contributed by atoms with Crippen LogP contribution in [0.15, 0.2) is 72.4 Å². The zero-order chi connectivity index (χ0) is 26.1. The number of ketones is 1. The van der Waals surface area contributed by atoms with Crippen LogP contribution in [0.2, 0.25) is 0 Å². The molecule has 7 heteroatoms. The van der Waals surface area contributed by atoms with Crippen molar-refractivity contribution in [2.75, 3.05) is 6.61 Å². The van der Waals surface area contributed by atoms with Crippen molar-refractivity contribution in [3.8, 4) is 11.5 Å². The Morgan fingerprint density at radius 3 is 2.73 bits per heavy atom. The number of Topliss-reactive ketones (excluding diaryl/α,β-unsaturated/α-hetero) is 1. The zero-order valence-corrected chi connectivity index (χ0v) is 21.2. The Balaban J connectivity index is 1.60. The Hall–Kier alpha value is -4.13. The van der Waals surface area contributed by atoms with E-state index >= 15 is 0 Å². The van der Waals surface area contributed by atoms with Gasteiger partial charge < -0.3 is 19.5 Å². The number of hydrogen-bond acceptors (Lipinski definition) is 6. The van der Waals surface area contributed by atoms with E-state index in [9.17, 15) is 14.7 Å². The molecule has 1 aromatic heterocycles. The van der Waals surface area contributed by atoms with Crippen molar-refractivity contribution in [3.05, 3.63) is 94.8 Å². The molecule has 0 bridgehead atoms. The van der Waals surface area contributed by atoms with Gasteiger partial charge in [0.15, 0.2) is 0 Å². The summed E-state index contributed by atoms with van der Waals surface area (Å²) in [4.78, 5) is 32.5. The number of ether oxygens (including phenoxy) is 2. The standard InChI is InChI=1S/C30H30N2O5/c1-18(2)17-36-24-9-6-7-20(15-24)27-26(28(33)21-10-11-25-22(14-21)13-19(3)37-25)29(34)30(35)32(27)16-23-8-4-5-12-31-23/h4-12,14-15,18-19,27,33H,13,16-17H2,1-3H3/b28-26-. The molecule has 37 heavy (non-hydrogen) atoms. The number of pyridine rings is 1. The van der Waals surface area contributed by atoms with E-state index in [4.69, 9.17) is 9.47 Å². The summed E-state index contributed by atoms with van der Waals surface area (Å²) in [6.07, 6.45) is 2.41. The summed E-state index contributed by atoms with van der Waals surface area (Å²) in [6.45, 7) is 6.77. The lowest BCUT2D eigenvalue weighted by atomic mass is 9.94. The molecule has 190 valence electrons. The summed E-state index contributed by atoms with van der Waals surface area (Å²) in [5.41, 5.74) is 2.81. The second-order valence-electron chi connectivity index (χ2n) is 9.98. The number of aliphatic hydroxyl groups is 1. The number of hydrogen-bond donors (Lipinski definition) is 1. The van der Waals surface area contributed by atoms with Gasteiger partial charge in [-0.15, -0.1) is 0 Å². The summed E-state index contributed by atoms with van der Waals surface area (Å²) in [5, 5.41) is 11.5. The van der Waals surface area contributed by atoms with E-state index in [1.807, 2.05) is 43.3 Å². The second-order valence-corrected chi connectivity index (χ2v) is 9.98. The fraction of sp³-hybridized carbons (Fsp3) is 0.300. The van der Waals surface area contributed by atoms with E-state index < -0.39 is 17.7 Å². The van der Waals surface area contributed by atoms with Crippen LogP contribution in [0, 0.1) is 5.92 Å². The lowest BCUT2D eigenvalue weighted by molar-refractivity contribution is -0.140. The molecule has 2 aromatic carbocycles. The first-order valence-corrected chi connectivity index (χ1v) is 12.5. The molecule has 2 atom stereocenters. The van der Waals surface area contributed by atoms with E-state index in [2.05, 4.69) is 18.8 Å². The highest BCUT2D eigenvalue weighted by atomic mass is 16.5. The molecule has 0 radical (unpaired) electrons. The van der Waals surface area contributed by atoms with Crippen molar-refractivity contribution < 1.29 is 24.2 Å². The molecule has 1 amide bonds. The number of carbonyl (C=O) groups excluding carboxylic acids is 2. The first-order valence-electron chi connectivity index (χ1n) is 12.5. The van der Waals surface area contributed by atoms with Crippen LogP contribution in [0.3, 0.4) is 0 Å². The van der Waals surface area contributed by atoms with Crippen molar-refractivity contribution >= 4 is 17.4 Å². The molecule has 1 N–H and O–H groups in total. The number of benzene rings is 2. The SMILES string of the molecule is CC(C)COc1cccc(C2/C(=C(/O)c3ccc4c(c3)CC(C)O4)C(=O)C(=O)N2Cc2ccccn2)c1. The third kappa shape index (κ3) is 4.94. The lowest BCUT2D eigenvalue weighted by Crippen LogP contribution is -2.29. The Kier molecular flexibility index (Phi) is 6.70. The number of likely N-dealkylation sites (tertiary alicyclic amines) is 1. The average molecular weight is 499 g/mol. The minimum absolute atomic E-state index is 0.0462. The van der Waals surface area contributed by atoms with Crippen LogP contribution < -0.4 is 9.47 Å². The molecule has 5 rings (SSSR count). The second kappa shape index (κ2) is 10.1. The predicted octanol–water partition coefficient (Wildman–Crippen LogP) is 5.06. The maximum atomic E-state index is 13.4. The molecule has 3 heterocycles. The largest absolute Gasteiger partial charge is 0.507 e. The van der Waals surface area contributed by atoms with Gasteiger partial charge in [0.05, 0.1) is 30.5 Å². The van der Waals surface area contributed by atoms with E-state index in [1.54, 1.807) is 30.5 Å². The topological polar surface area (TPSA) is 89.0 Å². The van der Waals surface area contributed by atoms with Gasteiger partial charge in [0, 0.05) is 18.2 Å². The number of aromatic nitrogens is 1. The molecule has 0 aliphatic carbocycles. The first kappa shape index (κ1) is 24.6. The fourth-order valence-electron chi connectivity index (χ4n) is 4.82. The van der Waals surface area contributed by atoms with Crippen LogP contribution in [0.25, 0.3) is 5.76 Å². The van der Waals surface area contributed by atoms with E-state index in [0.29, 0.717) is 41.5 Å². The summed E-state index contributed by atoms with van der Waals surface area (Å²) in [6, 6.07) is 17.3. The van der Waals surface area contributed by atoms with Gasteiger partial charge in [-0.05, 0) is 66.4 Å². The van der Waals surface area contributed by atoms with Crippen molar-refractivity contribution in [2.45, 2.75) is 45.9 Å². The first-order chi connectivity index (χ1) is 17.8. The number of rotatable bonds is 7. The number of fused-ring (bicyclic) bond motifs is 1. The zero-order valence-electron chi connectivity index (χ0n) is 21.2. The van der Waals surface area contributed by atoms with Gasteiger partial charge in [0.2, 0.25) is 0 Å². The van der Waals surface area contributed by atoms with Gasteiger partial charge >= 0.3 is 0 Å². The van der Waals surface area contributed by atoms with Crippen LogP contribution in [-0.4, -0.2) is 39.4 Å². The highest BCUT2D eigenvalue weighted by Gasteiger charge is 2.46. The van der Waals surface area contributed by atoms with Gasteiger partial charge in [-0.2, -0.15) is 0 Å². The highest BCUT2D eigenvalue weighted by molar-refractivity contribution is 6.46. The van der Waals surface area contributed by atoms with Crippen LogP contribution in [0.1, 0.15) is 49.2 Å². The molecule has 0 saturated carbocycles. The number of carbonyl (C=O) groups is 2.